The smallest absolute Gasteiger partial charge is 0.291 e. The highest BCUT2D eigenvalue weighted by molar-refractivity contribution is 5.90. The Bertz CT molecular complexity index is 532. The summed E-state index contributed by atoms with van der Waals surface area (Å²) in [6.45, 7) is 2.70. The van der Waals surface area contributed by atoms with E-state index in [0.717, 1.165) is 11.1 Å². The Hall–Kier alpha value is -2.21. The molecule has 0 bridgehead atoms. The third-order valence-corrected chi connectivity index (χ3v) is 2.51. The van der Waals surface area contributed by atoms with Crippen LogP contribution in [0.5, 0.6) is 0 Å². The minimum Gasteiger partial charge on any atom is -0.345 e. The van der Waals surface area contributed by atoms with E-state index < -0.39 is 0 Å². The van der Waals surface area contributed by atoms with Crippen molar-refractivity contribution >= 4 is 5.91 Å². The van der Waals surface area contributed by atoms with Crippen molar-refractivity contribution in [3.05, 3.63) is 47.0 Å². The van der Waals surface area contributed by atoms with Crippen LogP contribution in [0.1, 0.15) is 27.6 Å². The standard InChI is InChI=1S/C12H15N5O/c1-8-15-11(17-16-8)12(18)14-7-10-4-2-9(6-13)3-5-10/h2-5H,6-7,13H2,1H3,(H,14,18)(H,15,16,17). The molecular formula is C12H15N5O. The van der Waals surface area contributed by atoms with Gasteiger partial charge in [-0.25, -0.2) is 4.98 Å². The molecule has 1 aromatic heterocycles. The van der Waals surface area contributed by atoms with Crippen LogP contribution in [0, 0.1) is 6.92 Å². The second-order valence-electron chi connectivity index (χ2n) is 3.95. The molecular weight excluding hydrogens is 230 g/mol. The lowest BCUT2D eigenvalue weighted by molar-refractivity contribution is 0.0941. The van der Waals surface area contributed by atoms with Gasteiger partial charge >= 0.3 is 0 Å². The molecule has 0 aliphatic heterocycles. The van der Waals surface area contributed by atoms with Gasteiger partial charge in [0.1, 0.15) is 5.82 Å². The third kappa shape index (κ3) is 2.92. The van der Waals surface area contributed by atoms with Crippen LogP contribution in [-0.4, -0.2) is 21.1 Å². The average molecular weight is 245 g/mol. The first-order valence-corrected chi connectivity index (χ1v) is 5.64. The first kappa shape index (κ1) is 12.3. The van der Waals surface area contributed by atoms with Crippen molar-refractivity contribution in [2.24, 2.45) is 5.73 Å². The van der Waals surface area contributed by atoms with Crippen LogP contribution in [0.2, 0.25) is 0 Å². The maximum Gasteiger partial charge on any atom is 0.291 e. The molecule has 0 radical (unpaired) electrons. The van der Waals surface area contributed by atoms with Gasteiger partial charge in [0.2, 0.25) is 5.82 Å². The maximum absolute atomic E-state index is 11.7. The Labute approximate surface area is 105 Å². The number of nitrogens with two attached hydrogens (primary N) is 1. The third-order valence-electron chi connectivity index (χ3n) is 2.51. The lowest BCUT2D eigenvalue weighted by atomic mass is 10.1. The predicted molar refractivity (Wildman–Crippen MR) is 66.6 cm³/mol. The minimum absolute atomic E-state index is 0.158. The number of amides is 1. The van der Waals surface area contributed by atoms with Crippen LogP contribution >= 0.6 is 0 Å². The molecule has 4 N–H and O–H groups in total. The topological polar surface area (TPSA) is 96.7 Å². The molecule has 6 heteroatoms. The fraction of sp³-hybridized carbons (Fsp3) is 0.250. The number of hydrogen-bond acceptors (Lipinski definition) is 4. The molecule has 0 aliphatic carbocycles. The Morgan fingerprint density at radius 1 is 1.33 bits per heavy atom. The van der Waals surface area contributed by atoms with Gasteiger partial charge in [-0.05, 0) is 18.1 Å². The molecule has 1 heterocycles. The van der Waals surface area contributed by atoms with Gasteiger partial charge < -0.3 is 11.1 Å². The second kappa shape index (κ2) is 5.42. The van der Waals surface area contributed by atoms with E-state index in [0.29, 0.717) is 18.9 Å². The Kier molecular flexibility index (Phi) is 3.69. The zero-order valence-corrected chi connectivity index (χ0v) is 10.1. The van der Waals surface area contributed by atoms with Gasteiger partial charge in [0.25, 0.3) is 5.91 Å². The number of aryl methyl sites for hydroxylation is 1. The normalized spacial score (nSPS) is 10.3. The van der Waals surface area contributed by atoms with E-state index >= 15 is 0 Å². The van der Waals surface area contributed by atoms with Gasteiger partial charge in [0.05, 0.1) is 0 Å². The lowest BCUT2D eigenvalue weighted by Gasteiger charge is -2.03. The zero-order valence-electron chi connectivity index (χ0n) is 10.1. The summed E-state index contributed by atoms with van der Waals surface area (Å²) in [4.78, 5) is 15.6. The molecule has 6 nitrogen and oxygen atoms in total. The number of nitrogens with zero attached hydrogens (tertiary/aromatic N) is 2. The molecule has 1 amide bonds. The Morgan fingerprint density at radius 2 is 2.00 bits per heavy atom. The van der Waals surface area contributed by atoms with E-state index in [1.165, 1.54) is 0 Å². The maximum atomic E-state index is 11.7. The fourth-order valence-corrected chi connectivity index (χ4v) is 1.50. The van der Waals surface area contributed by atoms with E-state index in [1.54, 1.807) is 6.92 Å². The highest BCUT2D eigenvalue weighted by atomic mass is 16.2. The molecule has 2 rings (SSSR count). The van der Waals surface area contributed by atoms with Gasteiger partial charge in [-0.1, -0.05) is 24.3 Å². The zero-order chi connectivity index (χ0) is 13.0. The van der Waals surface area contributed by atoms with Crippen LogP contribution in [0.4, 0.5) is 0 Å². The second-order valence-corrected chi connectivity index (χ2v) is 3.95. The lowest BCUT2D eigenvalue weighted by Crippen LogP contribution is -2.24. The van der Waals surface area contributed by atoms with Crippen molar-refractivity contribution in [3.63, 3.8) is 0 Å². The fourth-order valence-electron chi connectivity index (χ4n) is 1.50. The Balaban J connectivity index is 1.92. The number of benzene rings is 1. The molecule has 18 heavy (non-hydrogen) atoms. The van der Waals surface area contributed by atoms with Crippen LogP contribution in [0.25, 0.3) is 0 Å². The number of carbonyl (C=O) groups excluding carboxylic acids is 1. The van der Waals surface area contributed by atoms with Crippen molar-refractivity contribution in [2.75, 3.05) is 0 Å². The number of aromatic amines is 1. The molecule has 0 fully saturated rings. The quantitative estimate of drug-likeness (QED) is 0.730. The van der Waals surface area contributed by atoms with Gasteiger partial charge in [-0.15, -0.1) is 5.10 Å². The molecule has 0 saturated carbocycles. The first-order chi connectivity index (χ1) is 8.69. The summed E-state index contributed by atoms with van der Waals surface area (Å²) >= 11 is 0. The summed E-state index contributed by atoms with van der Waals surface area (Å²) in [5.41, 5.74) is 7.58. The summed E-state index contributed by atoms with van der Waals surface area (Å²) in [6.07, 6.45) is 0. The number of H-pyrrole nitrogens is 1. The van der Waals surface area contributed by atoms with Crippen molar-refractivity contribution < 1.29 is 4.79 Å². The van der Waals surface area contributed by atoms with Crippen molar-refractivity contribution in [2.45, 2.75) is 20.0 Å². The summed E-state index contributed by atoms with van der Waals surface area (Å²) < 4.78 is 0. The van der Waals surface area contributed by atoms with Gasteiger partial charge in [0, 0.05) is 13.1 Å². The molecule has 2 aromatic rings. The molecule has 0 unspecified atom stereocenters. The van der Waals surface area contributed by atoms with Crippen LogP contribution < -0.4 is 11.1 Å². The Morgan fingerprint density at radius 3 is 2.56 bits per heavy atom. The van der Waals surface area contributed by atoms with E-state index in [-0.39, 0.29) is 11.7 Å². The predicted octanol–water partition coefficient (Wildman–Crippen LogP) is 0.502. The van der Waals surface area contributed by atoms with Crippen LogP contribution in [0.3, 0.4) is 0 Å². The van der Waals surface area contributed by atoms with E-state index in [4.69, 9.17) is 5.73 Å². The van der Waals surface area contributed by atoms with E-state index in [1.807, 2.05) is 24.3 Å². The van der Waals surface area contributed by atoms with E-state index in [2.05, 4.69) is 20.5 Å². The van der Waals surface area contributed by atoms with Gasteiger partial charge in [-0.3, -0.25) is 9.89 Å². The van der Waals surface area contributed by atoms with Gasteiger partial charge in [-0.2, -0.15) is 0 Å². The molecule has 1 aromatic carbocycles. The summed E-state index contributed by atoms with van der Waals surface area (Å²) in [5, 5.41) is 9.17. The minimum atomic E-state index is -0.290. The number of nitrogens with one attached hydrogen (secondary N) is 2. The van der Waals surface area contributed by atoms with Crippen molar-refractivity contribution in [3.8, 4) is 0 Å². The SMILES string of the molecule is Cc1nc(C(=O)NCc2ccc(CN)cc2)n[nH]1. The number of aromatic nitrogens is 3. The molecule has 0 atom stereocenters. The monoisotopic (exact) mass is 245 g/mol. The number of rotatable bonds is 4. The summed E-state index contributed by atoms with van der Waals surface area (Å²) in [6, 6.07) is 7.76. The average Bonchev–Trinajstić information content (AvgIpc) is 2.83. The highest BCUT2D eigenvalue weighted by Crippen LogP contribution is 2.03. The number of carbonyl (C=O) groups is 1. The first-order valence-electron chi connectivity index (χ1n) is 5.64. The van der Waals surface area contributed by atoms with Crippen molar-refractivity contribution in [1.82, 2.24) is 20.5 Å². The molecule has 0 saturated heterocycles. The molecule has 94 valence electrons. The highest BCUT2D eigenvalue weighted by Gasteiger charge is 2.10. The van der Waals surface area contributed by atoms with Crippen molar-refractivity contribution in [1.29, 1.82) is 0 Å². The van der Waals surface area contributed by atoms with Gasteiger partial charge in [0.15, 0.2) is 0 Å². The summed E-state index contributed by atoms with van der Waals surface area (Å²) in [7, 11) is 0. The molecule has 0 aliphatic rings. The molecule has 0 spiro atoms. The van der Waals surface area contributed by atoms with Crippen LogP contribution in [-0.2, 0) is 13.1 Å². The van der Waals surface area contributed by atoms with Crippen LogP contribution in [0.15, 0.2) is 24.3 Å². The largest absolute Gasteiger partial charge is 0.345 e. The van der Waals surface area contributed by atoms with E-state index in [9.17, 15) is 4.79 Å². The summed E-state index contributed by atoms with van der Waals surface area (Å²) in [5.74, 6) is 0.487. The number of hydrogen-bond donors (Lipinski definition) is 3.